The van der Waals surface area contributed by atoms with Gasteiger partial charge in [0.1, 0.15) is 0 Å². The molecule has 0 aliphatic heterocycles. The lowest BCUT2D eigenvalue weighted by atomic mass is 9.75. The molecule has 2 saturated carbocycles. The van der Waals surface area contributed by atoms with Gasteiger partial charge < -0.3 is 9.05 Å². The SMILES string of the molecule is CC1CCCC(OPO[C@@H]2C[C@H](C)CCC2C(C)C)C1. The van der Waals surface area contributed by atoms with Crippen molar-refractivity contribution < 1.29 is 9.05 Å². The Kier molecular flexibility index (Phi) is 6.78. The van der Waals surface area contributed by atoms with E-state index in [9.17, 15) is 0 Å². The van der Waals surface area contributed by atoms with Crippen molar-refractivity contribution in [3.8, 4) is 0 Å². The summed E-state index contributed by atoms with van der Waals surface area (Å²) in [5.74, 6) is 3.10. The molecule has 2 nitrogen and oxygen atoms in total. The Bertz CT molecular complexity index is 282. The molecule has 0 radical (unpaired) electrons. The molecule has 20 heavy (non-hydrogen) atoms. The average molecular weight is 300 g/mol. The fraction of sp³-hybridized carbons (Fsp3) is 1.00. The Hall–Kier alpha value is 0.350. The molecule has 4 unspecified atom stereocenters. The van der Waals surface area contributed by atoms with Gasteiger partial charge in [-0.2, -0.15) is 0 Å². The molecule has 0 aromatic heterocycles. The van der Waals surface area contributed by atoms with E-state index in [0.29, 0.717) is 12.2 Å². The first-order valence-electron chi connectivity index (χ1n) is 8.62. The van der Waals surface area contributed by atoms with Gasteiger partial charge in [-0.1, -0.05) is 47.0 Å². The zero-order valence-electron chi connectivity index (χ0n) is 13.7. The van der Waals surface area contributed by atoms with Crippen molar-refractivity contribution in [2.45, 2.75) is 84.8 Å². The molecular formula is C17H33O2P. The smallest absolute Gasteiger partial charge is 0.155 e. The summed E-state index contributed by atoms with van der Waals surface area (Å²) < 4.78 is 12.2. The van der Waals surface area contributed by atoms with Gasteiger partial charge in [0.05, 0.1) is 12.2 Å². The average Bonchev–Trinajstić information content (AvgIpc) is 2.38. The minimum atomic E-state index is 0.252. The Morgan fingerprint density at radius 2 is 1.65 bits per heavy atom. The largest absolute Gasteiger partial charge is 0.333 e. The van der Waals surface area contributed by atoms with Crippen LogP contribution in [0.1, 0.15) is 72.6 Å². The Morgan fingerprint density at radius 3 is 2.35 bits per heavy atom. The topological polar surface area (TPSA) is 18.5 Å². The van der Waals surface area contributed by atoms with E-state index in [4.69, 9.17) is 9.05 Å². The summed E-state index contributed by atoms with van der Waals surface area (Å²) in [7, 11) is 0.252. The summed E-state index contributed by atoms with van der Waals surface area (Å²) in [5, 5.41) is 0. The van der Waals surface area contributed by atoms with E-state index in [1.165, 1.54) is 44.9 Å². The first-order chi connectivity index (χ1) is 9.56. The van der Waals surface area contributed by atoms with Gasteiger partial charge in [-0.15, -0.1) is 0 Å². The summed E-state index contributed by atoms with van der Waals surface area (Å²) in [6.07, 6.45) is 9.96. The predicted molar refractivity (Wildman–Crippen MR) is 87.0 cm³/mol. The van der Waals surface area contributed by atoms with Crippen LogP contribution in [-0.2, 0) is 9.05 Å². The van der Waals surface area contributed by atoms with E-state index in [2.05, 4.69) is 27.7 Å². The van der Waals surface area contributed by atoms with Crippen molar-refractivity contribution in [3.05, 3.63) is 0 Å². The molecule has 0 amide bonds. The normalized spacial score (nSPS) is 39.8. The number of rotatable bonds is 5. The van der Waals surface area contributed by atoms with Crippen LogP contribution in [-0.4, -0.2) is 12.2 Å². The van der Waals surface area contributed by atoms with Crippen LogP contribution in [0.15, 0.2) is 0 Å². The first kappa shape index (κ1) is 16.7. The van der Waals surface area contributed by atoms with Gasteiger partial charge >= 0.3 is 0 Å². The third kappa shape index (κ3) is 4.97. The zero-order valence-corrected chi connectivity index (χ0v) is 14.7. The van der Waals surface area contributed by atoms with Crippen LogP contribution in [0.25, 0.3) is 0 Å². The molecule has 0 N–H and O–H groups in total. The first-order valence-corrected chi connectivity index (χ1v) is 9.44. The van der Waals surface area contributed by atoms with Crippen molar-refractivity contribution in [2.75, 3.05) is 0 Å². The highest BCUT2D eigenvalue weighted by molar-refractivity contribution is 7.26. The molecule has 3 heteroatoms. The van der Waals surface area contributed by atoms with Gasteiger partial charge in [-0.05, 0) is 49.4 Å². The molecule has 0 bridgehead atoms. The zero-order chi connectivity index (χ0) is 14.5. The summed E-state index contributed by atoms with van der Waals surface area (Å²) >= 11 is 0. The van der Waals surface area contributed by atoms with Crippen LogP contribution in [0.3, 0.4) is 0 Å². The van der Waals surface area contributed by atoms with Crippen molar-refractivity contribution >= 4 is 9.03 Å². The molecule has 2 aliphatic rings. The van der Waals surface area contributed by atoms with Crippen LogP contribution in [0.5, 0.6) is 0 Å². The Balaban J connectivity index is 1.73. The van der Waals surface area contributed by atoms with Crippen molar-refractivity contribution in [1.29, 1.82) is 0 Å². The van der Waals surface area contributed by atoms with Crippen molar-refractivity contribution in [2.24, 2.45) is 23.7 Å². The minimum absolute atomic E-state index is 0.252. The maximum atomic E-state index is 6.17. The lowest BCUT2D eigenvalue weighted by Gasteiger charge is -2.37. The highest BCUT2D eigenvalue weighted by Crippen LogP contribution is 2.39. The van der Waals surface area contributed by atoms with Crippen LogP contribution in [0.2, 0.25) is 0 Å². The maximum Gasteiger partial charge on any atom is 0.155 e. The second-order valence-corrected chi connectivity index (χ2v) is 8.22. The fourth-order valence-corrected chi connectivity index (χ4v) is 4.69. The van der Waals surface area contributed by atoms with E-state index in [0.717, 1.165) is 23.7 Å². The standard InChI is InChI=1S/C17H33O2P/c1-12(2)16-9-8-14(4)11-17(16)19-20-18-15-7-5-6-13(3)10-15/h12-17,20H,5-11H2,1-4H3/t13?,14-,15?,16?,17-/m1/s1. The van der Waals surface area contributed by atoms with Gasteiger partial charge in [0.15, 0.2) is 9.03 Å². The monoisotopic (exact) mass is 300 g/mol. The highest BCUT2D eigenvalue weighted by atomic mass is 31.1. The predicted octanol–water partition coefficient (Wildman–Crippen LogP) is 5.57. The van der Waals surface area contributed by atoms with Crippen LogP contribution in [0, 0.1) is 23.7 Å². The van der Waals surface area contributed by atoms with Gasteiger partial charge in [0.2, 0.25) is 0 Å². The summed E-state index contributed by atoms with van der Waals surface area (Å²) in [6, 6.07) is 0. The second-order valence-electron chi connectivity index (χ2n) is 7.58. The molecule has 0 saturated heterocycles. The Labute approximate surface area is 127 Å². The van der Waals surface area contributed by atoms with Crippen LogP contribution < -0.4 is 0 Å². The van der Waals surface area contributed by atoms with Gasteiger partial charge in [-0.25, -0.2) is 0 Å². The van der Waals surface area contributed by atoms with Crippen LogP contribution >= 0.6 is 9.03 Å². The molecule has 0 spiro atoms. The lowest BCUT2D eigenvalue weighted by molar-refractivity contribution is 0.0377. The highest BCUT2D eigenvalue weighted by Gasteiger charge is 2.31. The third-order valence-electron chi connectivity index (χ3n) is 5.26. The third-order valence-corrected chi connectivity index (χ3v) is 6.09. The van der Waals surface area contributed by atoms with E-state index < -0.39 is 0 Å². The number of hydrogen-bond donors (Lipinski definition) is 0. The Morgan fingerprint density at radius 1 is 0.900 bits per heavy atom. The van der Waals surface area contributed by atoms with Crippen molar-refractivity contribution in [3.63, 3.8) is 0 Å². The fourth-order valence-electron chi connectivity index (χ4n) is 3.89. The molecule has 2 fully saturated rings. The molecule has 2 aliphatic carbocycles. The molecule has 0 aromatic rings. The van der Waals surface area contributed by atoms with Crippen LogP contribution in [0.4, 0.5) is 0 Å². The van der Waals surface area contributed by atoms with Gasteiger partial charge in [0.25, 0.3) is 0 Å². The number of hydrogen-bond acceptors (Lipinski definition) is 2. The quantitative estimate of drug-likeness (QED) is 0.618. The van der Waals surface area contributed by atoms with E-state index in [-0.39, 0.29) is 9.03 Å². The molecule has 0 aromatic carbocycles. The summed E-state index contributed by atoms with van der Waals surface area (Å²) in [6.45, 7) is 9.38. The van der Waals surface area contributed by atoms with Gasteiger partial charge in [-0.3, -0.25) is 0 Å². The molecule has 0 heterocycles. The lowest BCUT2D eigenvalue weighted by Crippen LogP contribution is -2.32. The summed E-state index contributed by atoms with van der Waals surface area (Å²) in [5.41, 5.74) is 0. The van der Waals surface area contributed by atoms with E-state index in [1.54, 1.807) is 0 Å². The van der Waals surface area contributed by atoms with Crippen molar-refractivity contribution in [1.82, 2.24) is 0 Å². The van der Waals surface area contributed by atoms with E-state index in [1.807, 2.05) is 0 Å². The molecule has 6 atom stereocenters. The maximum absolute atomic E-state index is 6.17. The van der Waals surface area contributed by atoms with Gasteiger partial charge in [0, 0.05) is 0 Å². The second kappa shape index (κ2) is 8.11. The molecule has 118 valence electrons. The molecule has 2 rings (SSSR count). The minimum Gasteiger partial charge on any atom is -0.333 e. The summed E-state index contributed by atoms with van der Waals surface area (Å²) in [4.78, 5) is 0. The molecular weight excluding hydrogens is 267 g/mol. The van der Waals surface area contributed by atoms with E-state index >= 15 is 0 Å².